The number of hydrogen-bond donors (Lipinski definition) is 2. The number of likely N-dealkylation sites (N-methyl/N-ethyl adjacent to an activating group) is 1. The average molecular weight is 261 g/mol. The van der Waals surface area contributed by atoms with Gasteiger partial charge in [0.25, 0.3) is 0 Å². The molecule has 3 rings (SSSR count). The van der Waals surface area contributed by atoms with Gasteiger partial charge in [-0.25, -0.2) is 4.99 Å². The smallest absolute Gasteiger partial charge is 0.246 e. The molecular weight excluding hydrogens is 242 g/mol. The van der Waals surface area contributed by atoms with Gasteiger partial charge in [0.2, 0.25) is 5.91 Å². The minimum absolute atomic E-state index is 0.0576. The Morgan fingerprint density at radius 2 is 2.16 bits per heavy atom. The third-order valence-corrected chi connectivity index (χ3v) is 3.90. The fraction of sp³-hybridized carbons (Fsp3) is 0.538. The van der Waals surface area contributed by atoms with Crippen LogP contribution >= 0.6 is 0 Å². The number of rotatable bonds is 1. The third kappa shape index (κ3) is 2.23. The first-order chi connectivity index (χ1) is 9.15. The predicted molar refractivity (Wildman–Crippen MR) is 73.6 cm³/mol. The van der Waals surface area contributed by atoms with E-state index < -0.39 is 0 Å². The van der Waals surface area contributed by atoms with Crippen molar-refractivity contribution in [2.75, 3.05) is 33.2 Å². The molecular formula is C13H19N5O. The lowest BCUT2D eigenvalue weighted by Crippen LogP contribution is -2.51. The molecule has 1 amide bonds. The van der Waals surface area contributed by atoms with Crippen molar-refractivity contribution in [2.45, 2.75) is 12.1 Å². The Balaban J connectivity index is 1.76. The number of guanidine groups is 1. The molecule has 0 aromatic carbocycles. The Morgan fingerprint density at radius 3 is 2.84 bits per heavy atom. The van der Waals surface area contributed by atoms with Crippen molar-refractivity contribution >= 4 is 11.9 Å². The van der Waals surface area contributed by atoms with Crippen molar-refractivity contribution in [3.63, 3.8) is 0 Å². The molecule has 6 heteroatoms. The maximum atomic E-state index is 11.4. The van der Waals surface area contributed by atoms with Crippen molar-refractivity contribution in [1.82, 2.24) is 15.1 Å². The summed E-state index contributed by atoms with van der Waals surface area (Å²) in [6.45, 7) is 3.98. The summed E-state index contributed by atoms with van der Waals surface area (Å²) in [6.07, 6.45) is 5.67. The van der Waals surface area contributed by atoms with E-state index in [4.69, 9.17) is 5.73 Å². The number of fused-ring (bicyclic) bond motifs is 1. The van der Waals surface area contributed by atoms with Crippen LogP contribution in [-0.2, 0) is 4.79 Å². The highest BCUT2D eigenvalue weighted by Gasteiger charge is 2.35. The summed E-state index contributed by atoms with van der Waals surface area (Å²) in [5, 5.41) is 3.38. The van der Waals surface area contributed by atoms with Crippen LogP contribution < -0.4 is 11.1 Å². The van der Waals surface area contributed by atoms with Crippen LogP contribution in [-0.4, -0.2) is 67.0 Å². The lowest BCUT2D eigenvalue weighted by atomic mass is 9.95. The minimum atomic E-state index is -0.385. The summed E-state index contributed by atoms with van der Waals surface area (Å²) >= 11 is 0. The summed E-state index contributed by atoms with van der Waals surface area (Å²) in [7, 11) is 2.12. The highest BCUT2D eigenvalue weighted by Crippen LogP contribution is 2.22. The average Bonchev–Trinajstić information content (AvgIpc) is 2.82. The molecule has 102 valence electrons. The highest BCUT2D eigenvalue weighted by molar-refractivity contribution is 5.96. The number of nitrogens with two attached hydrogens (primary N) is 1. The molecule has 0 aromatic heterocycles. The number of nitrogens with zero attached hydrogens (tertiary/aromatic N) is 3. The maximum Gasteiger partial charge on any atom is 0.246 e. The van der Waals surface area contributed by atoms with Gasteiger partial charge in [0.05, 0.1) is 6.04 Å². The van der Waals surface area contributed by atoms with Gasteiger partial charge in [0.15, 0.2) is 5.96 Å². The molecule has 0 bridgehead atoms. The molecule has 1 fully saturated rings. The number of nitrogens with one attached hydrogen (secondary N) is 1. The lowest BCUT2D eigenvalue weighted by Gasteiger charge is -2.33. The SMILES string of the molecule is CN1CCN(C2=NC3C(C(N)=O)=CC=CC3N2)CC1. The molecule has 2 aliphatic heterocycles. The maximum absolute atomic E-state index is 11.4. The number of carbonyl (C=O) groups excluding carboxylic acids is 1. The van der Waals surface area contributed by atoms with Gasteiger partial charge < -0.3 is 20.9 Å². The van der Waals surface area contributed by atoms with Crippen LogP contribution in [0, 0.1) is 0 Å². The monoisotopic (exact) mass is 261 g/mol. The molecule has 1 saturated heterocycles. The van der Waals surface area contributed by atoms with E-state index in [1.165, 1.54) is 0 Å². The Kier molecular flexibility index (Phi) is 3.02. The van der Waals surface area contributed by atoms with Gasteiger partial charge in [0, 0.05) is 31.8 Å². The zero-order chi connectivity index (χ0) is 13.4. The van der Waals surface area contributed by atoms with E-state index in [0.29, 0.717) is 5.57 Å². The number of aliphatic imine (C=N–C) groups is 1. The minimum Gasteiger partial charge on any atom is -0.366 e. The first-order valence-electron chi connectivity index (χ1n) is 6.61. The topological polar surface area (TPSA) is 74.0 Å². The summed E-state index contributed by atoms with van der Waals surface area (Å²) in [4.78, 5) is 20.6. The van der Waals surface area contributed by atoms with E-state index in [9.17, 15) is 4.79 Å². The highest BCUT2D eigenvalue weighted by atomic mass is 16.1. The molecule has 6 nitrogen and oxygen atoms in total. The Bertz CT molecular complexity index is 473. The van der Waals surface area contributed by atoms with Gasteiger partial charge in [-0.1, -0.05) is 18.2 Å². The number of allylic oxidation sites excluding steroid dienone is 2. The second-order valence-corrected chi connectivity index (χ2v) is 5.23. The summed E-state index contributed by atoms with van der Waals surface area (Å²) in [5.41, 5.74) is 5.99. The largest absolute Gasteiger partial charge is 0.366 e. The number of primary amides is 1. The molecule has 0 spiro atoms. The predicted octanol–water partition coefficient (Wildman–Crippen LogP) is -1.09. The molecule has 0 aromatic rings. The van der Waals surface area contributed by atoms with Crippen LogP contribution in [0.1, 0.15) is 0 Å². The Morgan fingerprint density at radius 1 is 1.42 bits per heavy atom. The van der Waals surface area contributed by atoms with Crippen LogP contribution in [0.25, 0.3) is 0 Å². The van der Waals surface area contributed by atoms with Crippen LogP contribution in [0.2, 0.25) is 0 Å². The van der Waals surface area contributed by atoms with Gasteiger partial charge in [-0.3, -0.25) is 4.79 Å². The normalized spacial score (nSPS) is 30.5. The zero-order valence-electron chi connectivity index (χ0n) is 11.0. The number of piperazine rings is 1. The van der Waals surface area contributed by atoms with Crippen LogP contribution in [0.4, 0.5) is 0 Å². The lowest BCUT2D eigenvalue weighted by molar-refractivity contribution is -0.114. The first-order valence-corrected chi connectivity index (χ1v) is 6.61. The van der Waals surface area contributed by atoms with Gasteiger partial charge in [-0.2, -0.15) is 0 Å². The fourth-order valence-corrected chi connectivity index (χ4v) is 2.69. The van der Waals surface area contributed by atoms with E-state index in [2.05, 4.69) is 27.2 Å². The molecule has 0 radical (unpaired) electrons. The summed E-state index contributed by atoms with van der Waals surface area (Å²) in [6, 6.07) is -0.112. The van der Waals surface area contributed by atoms with E-state index in [-0.39, 0.29) is 18.0 Å². The fourth-order valence-electron chi connectivity index (χ4n) is 2.69. The summed E-state index contributed by atoms with van der Waals surface area (Å²) < 4.78 is 0. The van der Waals surface area contributed by atoms with Crippen molar-refractivity contribution in [3.05, 3.63) is 23.8 Å². The quantitative estimate of drug-likeness (QED) is 0.629. The standard InChI is InChI=1S/C13H19N5O/c1-17-5-7-18(8-6-17)13-15-10-4-2-3-9(12(14)19)11(10)16-13/h2-4,10-11H,5-8H2,1H3,(H2,14,19)(H,15,16). The van der Waals surface area contributed by atoms with E-state index >= 15 is 0 Å². The first kappa shape index (κ1) is 12.2. The van der Waals surface area contributed by atoms with Gasteiger partial charge in [0.1, 0.15) is 6.04 Å². The second-order valence-electron chi connectivity index (χ2n) is 5.23. The molecule has 2 atom stereocenters. The zero-order valence-corrected chi connectivity index (χ0v) is 11.0. The number of carbonyl (C=O) groups is 1. The van der Waals surface area contributed by atoms with Crippen LogP contribution in [0.5, 0.6) is 0 Å². The molecule has 2 heterocycles. The van der Waals surface area contributed by atoms with Crippen molar-refractivity contribution < 1.29 is 4.79 Å². The van der Waals surface area contributed by atoms with E-state index in [1.54, 1.807) is 6.08 Å². The van der Waals surface area contributed by atoms with Crippen molar-refractivity contribution in [2.24, 2.45) is 10.7 Å². The third-order valence-electron chi connectivity index (χ3n) is 3.90. The number of amides is 1. The molecule has 3 N–H and O–H groups in total. The van der Waals surface area contributed by atoms with E-state index in [1.807, 2.05) is 12.2 Å². The van der Waals surface area contributed by atoms with Gasteiger partial charge in [-0.15, -0.1) is 0 Å². The number of hydrogen-bond acceptors (Lipinski definition) is 5. The van der Waals surface area contributed by atoms with Gasteiger partial charge >= 0.3 is 0 Å². The second kappa shape index (κ2) is 4.70. The van der Waals surface area contributed by atoms with E-state index in [0.717, 1.165) is 32.1 Å². The summed E-state index contributed by atoms with van der Waals surface area (Å²) in [5.74, 6) is 0.506. The molecule has 2 unspecified atom stereocenters. The molecule has 0 saturated carbocycles. The van der Waals surface area contributed by atoms with Crippen molar-refractivity contribution in [3.8, 4) is 0 Å². The van der Waals surface area contributed by atoms with Gasteiger partial charge in [-0.05, 0) is 7.05 Å². The molecule has 1 aliphatic carbocycles. The van der Waals surface area contributed by atoms with Crippen LogP contribution in [0.3, 0.4) is 0 Å². The Labute approximate surface area is 112 Å². The van der Waals surface area contributed by atoms with Crippen molar-refractivity contribution in [1.29, 1.82) is 0 Å². The molecule has 3 aliphatic rings. The van der Waals surface area contributed by atoms with Crippen LogP contribution in [0.15, 0.2) is 28.8 Å². The molecule has 19 heavy (non-hydrogen) atoms. The Hall–Kier alpha value is -1.82.